The van der Waals surface area contributed by atoms with Crippen molar-refractivity contribution in [1.29, 1.82) is 0 Å². The Hall–Kier alpha value is -2.28. The van der Waals surface area contributed by atoms with Crippen LogP contribution in [0.4, 0.5) is 0 Å². The van der Waals surface area contributed by atoms with Gasteiger partial charge in [-0.05, 0) is 54.9 Å². The lowest BCUT2D eigenvalue weighted by Gasteiger charge is -2.13. The molecule has 23 heavy (non-hydrogen) atoms. The molecule has 1 heteroatoms. The van der Waals surface area contributed by atoms with E-state index >= 15 is 0 Å². The molecule has 0 aliphatic heterocycles. The van der Waals surface area contributed by atoms with Crippen LogP contribution in [0.3, 0.4) is 0 Å². The van der Waals surface area contributed by atoms with Gasteiger partial charge in [-0.2, -0.15) is 0 Å². The molecule has 0 atom stereocenters. The normalized spacial score (nSPS) is 13.2. The van der Waals surface area contributed by atoms with Gasteiger partial charge in [0.2, 0.25) is 0 Å². The fourth-order valence-corrected chi connectivity index (χ4v) is 3.79. The summed E-state index contributed by atoms with van der Waals surface area (Å²) in [6.45, 7) is 1.12. The molecule has 0 N–H and O–H groups in total. The molecule has 0 radical (unpaired) electrons. The fourth-order valence-electron chi connectivity index (χ4n) is 3.79. The molecule has 0 amide bonds. The average molecular weight is 301 g/mol. The van der Waals surface area contributed by atoms with E-state index in [1.54, 1.807) is 11.3 Å². The van der Waals surface area contributed by atoms with Crippen molar-refractivity contribution in [3.63, 3.8) is 0 Å². The van der Waals surface area contributed by atoms with Crippen molar-refractivity contribution in [2.75, 3.05) is 0 Å². The Balaban J connectivity index is 1.57. The van der Waals surface area contributed by atoms with Crippen molar-refractivity contribution in [2.24, 2.45) is 0 Å². The van der Waals surface area contributed by atoms with E-state index in [1.165, 1.54) is 42.5 Å². The lowest BCUT2D eigenvalue weighted by molar-refractivity contribution is 0.626. The predicted octanol–water partition coefficient (Wildman–Crippen LogP) is 5.28. The van der Waals surface area contributed by atoms with Gasteiger partial charge in [-0.1, -0.05) is 60.7 Å². The van der Waals surface area contributed by atoms with E-state index < -0.39 is 0 Å². The molecule has 0 bridgehead atoms. The van der Waals surface area contributed by atoms with Crippen molar-refractivity contribution < 1.29 is 0 Å². The molecule has 1 heterocycles. The summed E-state index contributed by atoms with van der Waals surface area (Å²) >= 11 is 0. The van der Waals surface area contributed by atoms with E-state index in [0.717, 1.165) is 13.0 Å². The van der Waals surface area contributed by atoms with Crippen molar-refractivity contribution in [3.05, 3.63) is 83.6 Å². The predicted molar refractivity (Wildman–Crippen MR) is 96.7 cm³/mol. The van der Waals surface area contributed by atoms with Crippen molar-refractivity contribution in [3.8, 4) is 11.3 Å². The van der Waals surface area contributed by atoms with Gasteiger partial charge >= 0.3 is 0 Å². The summed E-state index contributed by atoms with van der Waals surface area (Å²) in [5, 5.41) is 0. The summed E-state index contributed by atoms with van der Waals surface area (Å²) in [6.07, 6.45) is 6.17. The molecular weight excluding hydrogens is 278 g/mol. The van der Waals surface area contributed by atoms with Crippen molar-refractivity contribution in [2.45, 2.75) is 38.6 Å². The Morgan fingerprint density at radius 1 is 0.826 bits per heavy atom. The Morgan fingerprint density at radius 2 is 1.57 bits per heavy atom. The van der Waals surface area contributed by atoms with Gasteiger partial charge in [0.15, 0.2) is 0 Å². The van der Waals surface area contributed by atoms with Gasteiger partial charge < -0.3 is 4.57 Å². The van der Waals surface area contributed by atoms with E-state index in [9.17, 15) is 0 Å². The van der Waals surface area contributed by atoms with Gasteiger partial charge in [0, 0.05) is 17.9 Å². The molecule has 1 nitrogen and oxygen atoms in total. The maximum atomic E-state index is 2.58. The van der Waals surface area contributed by atoms with Crippen LogP contribution < -0.4 is 0 Å². The van der Waals surface area contributed by atoms with Gasteiger partial charge in [0.25, 0.3) is 0 Å². The fraction of sp³-hybridized carbons (Fsp3) is 0.273. The highest BCUT2D eigenvalue weighted by Gasteiger charge is 2.19. The first kappa shape index (κ1) is 14.3. The molecule has 1 aliphatic carbocycles. The summed E-state index contributed by atoms with van der Waals surface area (Å²) in [6, 6.07) is 24.1. The van der Waals surface area contributed by atoms with E-state index in [0.29, 0.717) is 0 Å². The zero-order valence-corrected chi connectivity index (χ0v) is 13.5. The Bertz CT molecular complexity index is 768. The van der Waals surface area contributed by atoms with E-state index in [-0.39, 0.29) is 0 Å². The van der Waals surface area contributed by atoms with E-state index in [4.69, 9.17) is 0 Å². The molecule has 0 saturated heterocycles. The molecule has 3 aromatic rings. The number of aryl methyl sites for hydroxylation is 2. The summed E-state index contributed by atoms with van der Waals surface area (Å²) in [5.41, 5.74) is 7.35. The minimum absolute atomic E-state index is 1.12. The van der Waals surface area contributed by atoms with Gasteiger partial charge in [0.05, 0.1) is 0 Å². The van der Waals surface area contributed by atoms with Crippen LogP contribution in [0, 0.1) is 0 Å². The number of hydrogen-bond acceptors (Lipinski definition) is 0. The minimum Gasteiger partial charge on any atom is -0.344 e. The first-order chi connectivity index (χ1) is 11.4. The van der Waals surface area contributed by atoms with Crippen LogP contribution in [0.2, 0.25) is 0 Å². The molecule has 0 fully saturated rings. The Labute approximate surface area is 138 Å². The lowest BCUT2D eigenvalue weighted by Crippen LogP contribution is -2.05. The largest absolute Gasteiger partial charge is 0.344 e. The molecule has 0 spiro atoms. The number of benzene rings is 2. The highest BCUT2D eigenvalue weighted by molar-refractivity contribution is 5.63. The average Bonchev–Trinajstić information content (AvgIpc) is 3.19. The topological polar surface area (TPSA) is 4.93 Å². The molecule has 1 aromatic heterocycles. The third-order valence-electron chi connectivity index (χ3n) is 4.92. The van der Waals surface area contributed by atoms with Crippen LogP contribution in [0.1, 0.15) is 29.7 Å². The molecular formula is C22H23N. The zero-order valence-electron chi connectivity index (χ0n) is 13.5. The van der Waals surface area contributed by atoms with Gasteiger partial charge in [-0.3, -0.25) is 0 Å². The molecule has 0 saturated carbocycles. The molecule has 116 valence electrons. The Morgan fingerprint density at radius 3 is 2.35 bits per heavy atom. The van der Waals surface area contributed by atoms with Crippen molar-refractivity contribution in [1.82, 2.24) is 4.57 Å². The van der Waals surface area contributed by atoms with Crippen molar-refractivity contribution >= 4 is 0 Å². The second-order valence-corrected chi connectivity index (χ2v) is 6.46. The Kier molecular flexibility index (Phi) is 4.02. The number of rotatable bonds is 5. The van der Waals surface area contributed by atoms with Gasteiger partial charge in [0.1, 0.15) is 0 Å². The maximum absolute atomic E-state index is 2.58. The summed E-state index contributed by atoms with van der Waals surface area (Å²) in [4.78, 5) is 0. The van der Waals surface area contributed by atoms with Gasteiger partial charge in [-0.25, -0.2) is 0 Å². The van der Waals surface area contributed by atoms with Crippen LogP contribution in [-0.4, -0.2) is 4.57 Å². The summed E-state index contributed by atoms with van der Waals surface area (Å²) in [5.74, 6) is 0. The number of hydrogen-bond donors (Lipinski definition) is 0. The highest BCUT2D eigenvalue weighted by atomic mass is 15.0. The number of nitrogens with zero attached hydrogens (tertiary/aromatic N) is 1. The monoisotopic (exact) mass is 301 g/mol. The third-order valence-corrected chi connectivity index (χ3v) is 4.92. The maximum Gasteiger partial charge on any atom is 0.0485 e. The SMILES string of the molecule is c1ccc(CCCn2c(-c3ccccc3)cc3c2CCC3)cc1. The standard InChI is InChI=1S/C22H23N/c1-3-9-18(10-4-1)11-8-16-23-21-15-7-14-20(21)17-22(23)19-12-5-2-6-13-19/h1-6,9-10,12-13,17H,7-8,11,14-16H2. The molecule has 4 rings (SSSR count). The van der Waals surface area contributed by atoms with Crippen LogP contribution in [0.5, 0.6) is 0 Å². The number of aromatic nitrogens is 1. The highest BCUT2D eigenvalue weighted by Crippen LogP contribution is 2.32. The first-order valence-corrected chi connectivity index (χ1v) is 8.72. The van der Waals surface area contributed by atoms with Crippen LogP contribution in [-0.2, 0) is 25.8 Å². The van der Waals surface area contributed by atoms with Crippen LogP contribution in [0.25, 0.3) is 11.3 Å². The minimum atomic E-state index is 1.12. The zero-order chi connectivity index (χ0) is 15.5. The van der Waals surface area contributed by atoms with E-state index in [2.05, 4.69) is 71.3 Å². The molecule has 1 aliphatic rings. The smallest absolute Gasteiger partial charge is 0.0485 e. The summed E-state index contributed by atoms with van der Waals surface area (Å²) < 4.78 is 2.58. The first-order valence-electron chi connectivity index (χ1n) is 8.72. The number of fused-ring (bicyclic) bond motifs is 1. The van der Waals surface area contributed by atoms with Crippen LogP contribution >= 0.6 is 0 Å². The molecule has 0 unspecified atom stereocenters. The quantitative estimate of drug-likeness (QED) is 0.604. The van der Waals surface area contributed by atoms with Gasteiger partial charge in [-0.15, -0.1) is 0 Å². The second kappa shape index (κ2) is 6.45. The second-order valence-electron chi connectivity index (χ2n) is 6.46. The lowest BCUT2D eigenvalue weighted by atomic mass is 10.1. The van der Waals surface area contributed by atoms with Crippen LogP contribution in [0.15, 0.2) is 66.7 Å². The molecule has 2 aromatic carbocycles. The van der Waals surface area contributed by atoms with E-state index in [1.807, 2.05) is 0 Å². The summed E-state index contributed by atoms with van der Waals surface area (Å²) in [7, 11) is 0. The third kappa shape index (κ3) is 2.96.